The third-order valence-corrected chi connectivity index (χ3v) is 8.79. The van der Waals surface area contributed by atoms with Crippen LogP contribution in [0, 0.1) is 13.8 Å². The number of amides is 1. The van der Waals surface area contributed by atoms with Crippen LogP contribution in [-0.2, 0) is 16.4 Å². The summed E-state index contributed by atoms with van der Waals surface area (Å²) in [6, 6.07) is 14.5. The van der Waals surface area contributed by atoms with Gasteiger partial charge in [0.25, 0.3) is 5.91 Å². The molecule has 1 amide bonds. The van der Waals surface area contributed by atoms with Crippen LogP contribution in [0.4, 0.5) is 5.69 Å². The average Bonchev–Trinajstić information content (AvgIpc) is 3.58. The van der Waals surface area contributed by atoms with E-state index in [2.05, 4.69) is 22.3 Å². The highest BCUT2D eigenvalue weighted by Crippen LogP contribution is 2.36. The maximum atomic E-state index is 13.6. The Hall–Kier alpha value is -3.76. The molecule has 0 bridgehead atoms. The Bertz CT molecular complexity index is 1620. The molecule has 0 radical (unpaired) electrons. The van der Waals surface area contributed by atoms with E-state index in [0.717, 1.165) is 36.2 Å². The summed E-state index contributed by atoms with van der Waals surface area (Å²) in [6.07, 6.45) is 2.54. The van der Waals surface area contributed by atoms with Gasteiger partial charge in [0, 0.05) is 30.2 Å². The summed E-state index contributed by atoms with van der Waals surface area (Å²) in [5.74, 6) is -0.161. The van der Waals surface area contributed by atoms with Gasteiger partial charge in [-0.05, 0) is 74.6 Å². The van der Waals surface area contributed by atoms with Crippen molar-refractivity contribution in [1.29, 1.82) is 0 Å². The second-order valence-corrected chi connectivity index (χ2v) is 11.4. The van der Waals surface area contributed by atoms with E-state index in [9.17, 15) is 13.2 Å². The SMILES string of the molecule is CCc1ccc(NC(=O)c2nn3c(C)cc(C)nc3c2-c2ccc(OC)c(S(=O)(=O)N3CCCC3)c2)cc1. The van der Waals surface area contributed by atoms with Gasteiger partial charge in [-0.1, -0.05) is 25.1 Å². The number of methoxy groups -OCH3 is 1. The van der Waals surface area contributed by atoms with Crippen molar-refractivity contribution in [3.8, 4) is 16.9 Å². The molecule has 198 valence electrons. The van der Waals surface area contributed by atoms with E-state index in [-0.39, 0.29) is 16.3 Å². The molecule has 38 heavy (non-hydrogen) atoms. The largest absolute Gasteiger partial charge is 0.495 e. The van der Waals surface area contributed by atoms with Gasteiger partial charge in [-0.25, -0.2) is 17.9 Å². The molecule has 4 aromatic rings. The predicted octanol–water partition coefficient (Wildman–Crippen LogP) is 4.62. The van der Waals surface area contributed by atoms with Crippen LogP contribution < -0.4 is 10.1 Å². The fourth-order valence-electron chi connectivity index (χ4n) is 4.86. The fourth-order valence-corrected chi connectivity index (χ4v) is 6.56. The van der Waals surface area contributed by atoms with Crippen LogP contribution in [0.2, 0.25) is 0 Å². The molecule has 0 saturated carbocycles. The summed E-state index contributed by atoms with van der Waals surface area (Å²) in [4.78, 5) is 18.3. The summed E-state index contributed by atoms with van der Waals surface area (Å²) >= 11 is 0. The van der Waals surface area contributed by atoms with Gasteiger partial charge in [-0.15, -0.1) is 0 Å². The van der Waals surface area contributed by atoms with Crippen LogP contribution in [0.15, 0.2) is 53.4 Å². The molecule has 5 rings (SSSR count). The lowest BCUT2D eigenvalue weighted by atomic mass is 10.0. The van der Waals surface area contributed by atoms with Gasteiger partial charge in [0.2, 0.25) is 10.0 Å². The molecule has 10 heteroatoms. The van der Waals surface area contributed by atoms with Crippen molar-refractivity contribution in [3.05, 3.63) is 71.2 Å². The smallest absolute Gasteiger partial charge is 0.276 e. The monoisotopic (exact) mass is 533 g/mol. The van der Waals surface area contributed by atoms with E-state index in [1.54, 1.807) is 22.7 Å². The maximum Gasteiger partial charge on any atom is 0.276 e. The van der Waals surface area contributed by atoms with Crippen molar-refractivity contribution in [2.24, 2.45) is 0 Å². The van der Waals surface area contributed by atoms with E-state index in [0.29, 0.717) is 35.6 Å². The lowest BCUT2D eigenvalue weighted by Crippen LogP contribution is -2.28. The van der Waals surface area contributed by atoms with Crippen LogP contribution >= 0.6 is 0 Å². The lowest BCUT2D eigenvalue weighted by Gasteiger charge is -2.18. The number of carbonyl (C=O) groups excluding carboxylic acids is 1. The Morgan fingerprint density at radius 3 is 2.42 bits per heavy atom. The number of ether oxygens (including phenoxy) is 1. The molecule has 1 fully saturated rings. The molecule has 1 saturated heterocycles. The number of anilines is 1. The topological polar surface area (TPSA) is 106 Å². The highest BCUT2D eigenvalue weighted by molar-refractivity contribution is 7.89. The Balaban J connectivity index is 1.67. The van der Waals surface area contributed by atoms with E-state index >= 15 is 0 Å². The summed E-state index contributed by atoms with van der Waals surface area (Å²) in [7, 11) is -2.34. The van der Waals surface area contributed by atoms with Crippen molar-refractivity contribution < 1.29 is 17.9 Å². The number of nitrogens with one attached hydrogen (secondary N) is 1. The zero-order valence-corrected chi connectivity index (χ0v) is 22.8. The normalized spacial score (nSPS) is 14.2. The number of sulfonamides is 1. The third kappa shape index (κ3) is 4.65. The molecule has 0 atom stereocenters. The molecule has 1 aliphatic heterocycles. The lowest BCUT2D eigenvalue weighted by molar-refractivity contribution is 0.102. The van der Waals surface area contributed by atoms with E-state index in [1.165, 1.54) is 11.4 Å². The number of aromatic nitrogens is 3. The highest BCUT2D eigenvalue weighted by Gasteiger charge is 2.31. The Morgan fingerprint density at radius 1 is 1.05 bits per heavy atom. The van der Waals surface area contributed by atoms with Gasteiger partial charge >= 0.3 is 0 Å². The summed E-state index contributed by atoms with van der Waals surface area (Å²) in [6.45, 7) is 6.77. The first-order chi connectivity index (χ1) is 18.2. The maximum absolute atomic E-state index is 13.6. The van der Waals surface area contributed by atoms with Gasteiger partial charge in [-0.2, -0.15) is 9.40 Å². The number of rotatable bonds is 7. The second-order valence-electron chi connectivity index (χ2n) is 9.48. The molecule has 3 heterocycles. The predicted molar refractivity (Wildman–Crippen MR) is 146 cm³/mol. The number of nitrogens with zero attached hydrogens (tertiary/aromatic N) is 4. The summed E-state index contributed by atoms with van der Waals surface area (Å²) in [5, 5.41) is 7.56. The first kappa shape index (κ1) is 25.9. The number of carbonyl (C=O) groups is 1. The highest BCUT2D eigenvalue weighted by atomic mass is 32.2. The van der Waals surface area contributed by atoms with Crippen LogP contribution in [-0.4, -0.2) is 53.4 Å². The van der Waals surface area contributed by atoms with Crippen molar-refractivity contribution >= 4 is 27.3 Å². The summed E-state index contributed by atoms with van der Waals surface area (Å²) < 4.78 is 35.6. The van der Waals surface area contributed by atoms with Gasteiger partial charge in [-0.3, -0.25) is 4.79 Å². The van der Waals surface area contributed by atoms with Gasteiger partial charge < -0.3 is 10.1 Å². The number of fused-ring (bicyclic) bond motifs is 1. The number of benzene rings is 2. The molecule has 1 aliphatic rings. The van der Waals surface area contributed by atoms with Gasteiger partial charge in [0.15, 0.2) is 11.3 Å². The van der Waals surface area contributed by atoms with E-state index in [4.69, 9.17) is 4.74 Å². The summed E-state index contributed by atoms with van der Waals surface area (Å²) in [5.41, 5.74) is 4.97. The van der Waals surface area contributed by atoms with Crippen LogP contribution in [0.3, 0.4) is 0 Å². The zero-order chi connectivity index (χ0) is 27.0. The molecule has 1 N–H and O–H groups in total. The van der Waals surface area contributed by atoms with Crippen molar-refractivity contribution in [3.63, 3.8) is 0 Å². The molecule has 2 aromatic carbocycles. The van der Waals surface area contributed by atoms with E-state index < -0.39 is 15.9 Å². The van der Waals surface area contributed by atoms with Crippen LogP contribution in [0.5, 0.6) is 5.75 Å². The number of hydrogen-bond donors (Lipinski definition) is 1. The van der Waals surface area contributed by atoms with Crippen molar-refractivity contribution in [2.75, 3.05) is 25.5 Å². The van der Waals surface area contributed by atoms with Crippen molar-refractivity contribution in [1.82, 2.24) is 18.9 Å². The van der Waals surface area contributed by atoms with Crippen molar-refractivity contribution in [2.45, 2.75) is 44.9 Å². The molecular weight excluding hydrogens is 502 g/mol. The fraction of sp³-hybridized carbons (Fsp3) is 0.321. The molecular formula is C28H31N5O4S. The Kier molecular flexibility index (Phi) is 6.93. The van der Waals surface area contributed by atoms with Gasteiger partial charge in [0.1, 0.15) is 10.6 Å². The minimum absolute atomic E-state index is 0.0598. The quantitative estimate of drug-likeness (QED) is 0.372. The van der Waals surface area contributed by atoms with E-state index in [1.807, 2.05) is 44.2 Å². The number of hydrogen-bond acceptors (Lipinski definition) is 6. The average molecular weight is 534 g/mol. The van der Waals surface area contributed by atoms with Crippen LogP contribution in [0.25, 0.3) is 16.8 Å². The molecule has 9 nitrogen and oxygen atoms in total. The minimum Gasteiger partial charge on any atom is -0.495 e. The standard InChI is InChI=1S/C28H31N5O4S/c1-5-20-8-11-22(12-9-20)30-28(34)26-25(27-29-18(2)16-19(3)33(27)31-26)21-10-13-23(37-4)24(17-21)38(35,36)32-14-6-7-15-32/h8-13,16-17H,5-7,14-15H2,1-4H3,(H,30,34). The molecule has 0 spiro atoms. The molecule has 0 aliphatic carbocycles. The Labute approximate surface area is 222 Å². The number of aryl methyl sites for hydroxylation is 3. The van der Waals surface area contributed by atoms with Crippen LogP contribution in [0.1, 0.15) is 47.2 Å². The minimum atomic E-state index is -3.79. The zero-order valence-electron chi connectivity index (χ0n) is 22.0. The third-order valence-electron chi connectivity index (χ3n) is 6.87. The Morgan fingerprint density at radius 2 is 1.76 bits per heavy atom. The molecule has 0 unspecified atom stereocenters. The first-order valence-electron chi connectivity index (χ1n) is 12.7. The second kappa shape index (κ2) is 10.2. The first-order valence-corrected chi connectivity index (χ1v) is 14.1. The van der Waals surface area contributed by atoms with Gasteiger partial charge in [0.05, 0.1) is 12.7 Å². The molecule has 2 aromatic heterocycles.